The molecular weight excluding hydrogens is 225 g/mol. The average Bonchev–Trinajstić information content (AvgIpc) is 2.59. The van der Waals surface area contributed by atoms with E-state index < -0.39 is 5.97 Å². The summed E-state index contributed by atoms with van der Waals surface area (Å²) in [7, 11) is 0. The molecule has 0 atom stereocenters. The Morgan fingerprint density at radius 3 is 2.65 bits per heavy atom. The molecule has 0 bridgehead atoms. The number of carboxylic acids is 1. The normalized spacial score (nSPS) is 10.5. The van der Waals surface area contributed by atoms with Crippen LogP contribution in [0.2, 0.25) is 0 Å². The summed E-state index contributed by atoms with van der Waals surface area (Å²) in [6, 6.07) is 5.75. The van der Waals surface area contributed by atoms with Gasteiger partial charge in [-0.1, -0.05) is 0 Å². The van der Waals surface area contributed by atoms with E-state index in [-0.39, 0.29) is 18.1 Å². The topological polar surface area (TPSA) is 63.3 Å². The lowest BCUT2D eigenvalue weighted by molar-refractivity contribution is -0.136. The monoisotopic (exact) mass is 235 g/mol. The summed E-state index contributed by atoms with van der Waals surface area (Å²) < 4.78 is 18.1. The fourth-order valence-corrected chi connectivity index (χ4v) is 1.53. The number of carbonyl (C=O) groups is 1. The number of aryl methyl sites for hydroxylation is 1. The molecule has 17 heavy (non-hydrogen) atoms. The van der Waals surface area contributed by atoms with Gasteiger partial charge in [-0.15, -0.1) is 0 Å². The van der Waals surface area contributed by atoms with Gasteiger partial charge in [-0.05, 0) is 31.2 Å². The van der Waals surface area contributed by atoms with Crippen LogP contribution in [0.15, 0.2) is 28.7 Å². The number of hydrogen-bond donors (Lipinski definition) is 1. The van der Waals surface area contributed by atoms with Crippen molar-refractivity contribution in [3.05, 3.63) is 41.7 Å². The second-order valence-corrected chi connectivity index (χ2v) is 3.60. The fourth-order valence-electron chi connectivity index (χ4n) is 1.53. The molecule has 0 aliphatic heterocycles. The van der Waals surface area contributed by atoms with Crippen molar-refractivity contribution in [1.82, 2.24) is 4.98 Å². The molecule has 88 valence electrons. The minimum atomic E-state index is -1.00. The summed E-state index contributed by atoms with van der Waals surface area (Å²) in [5.41, 5.74) is 1.26. The molecule has 0 unspecified atom stereocenters. The Labute approximate surface area is 96.7 Å². The third-order valence-electron chi connectivity index (χ3n) is 2.25. The van der Waals surface area contributed by atoms with Crippen molar-refractivity contribution in [1.29, 1.82) is 0 Å². The number of benzene rings is 1. The highest BCUT2D eigenvalue weighted by Gasteiger charge is 2.13. The lowest BCUT2D eigenvalue weighted by Gasteiger charge is -1.96. The van der Waals surface area contributed by atoms with E-state index in [1.807, 2.05) is 0 Å². The minimum Gasteiger partial charge on any atom is -0.481 e. The van der Waals surface area contributed by atoms with Crippen LogP contribution >= 0.6 is 0 Å². The number of carboxylic acid groups (broad SMARTS) is 1. The molecule has 5 heteroatoms. The van der Waals surface area contributed by atoms with Gasteiger partial charge in [-0.2, -0.15) is 0 Å². The lowest BCUT2D eigenvalue weighted by atomic mass is 10.1. The molecule has 0 saturated heterocycles. The van der Waals surface area contributed by atoms with Crippen LogP contribution in [0.1, 0.15) is 11.6 Å². The van der Waals surface area contributed by atoms with Gasteiger partial charge in [-0.25, -0.2) is 9.37 Å². The zero-order valence-corrected chi connectivity index (χ0v) is 9.11. The lowest BCUT2D eigenvalue weighted by Crippen LogP contribution is -1.99. The Morgan fingerprint density at radius 2 is 2.06 bits per heavy atom. The first kappa shape index (κ1) is 11.3. The van der Waals surface area contributed by atoms with Crippen LogP contribution in [0.4, 0.5) is 4.39 Å². The van der Waals surface area contributed by atoms with Crippen LogP contribution in [0.5, 0.6) is 0 Å². The second-order valence-electron chi connectivity index (χ2n) is 3.60. The van der Waals surface area contributed by atoms with E-state index in [4.69, 9.17) is 9.52 Å². The Hall–Kier alpha value is -2.17. The highest BCUT2D eigenvalue weighted by atomic mass is 19.1. The van der Waals surface area contributed by atoms with Crippen LogP contribution in [0, 0.1) is 12.7 Å². The molecule has 0 aliphatic rings. The number of hydrogen-bond acceptors (Lipinski definition) is 3. The van der Waals surface area contributed by atoms with Crippen LogP contribution in [0.3, 0.4) is 0 Å². The van der Waals surface area contributed by atoms with Gasteiger partial charge in [0.15, 0.2) is 5.76 Å². The van der Waals surface area contributed by atoms with Gasteiger partial charge in [0.25, 0.3) is 0 Å². The number of aliphatic carboxylic acids is 1. The molecular formula is C12H10FNO3. The molecule has 0 aliphatic carbocycles. The van der Waals surface area contributed by atoms with E-state index in [9.17, 15) is 9.18 Å². The number of oxazole rings is 1. The summed E-state index contributed by atoms with van der Waals surface area (Å²) in [6.45, 7) is 1.72. The summed E-state index contributed by atoms with van der Waals surface area (Å²) in [4.78, 5) is 14.5. The Balaban J connectivity index is 2.35. The van der Waals surface area contributed by atoms with Crippen LogP contribution < -0.4 is 0 Å². The van der Waals surface area contributed by atoms with E-state index >= 15 is 0 Å². The first-order valence-corrected chi connectivity index (χ1v) is 5.00. The number of nitrogens with zero attached hydrogens (tertiary/aromatic N) is 1. The number of halogens is 1. The minimum absolute atomic E-state index is 0.148. The largest absolute Gasteiger partial charge is 0.481 e. The smallest absolute Gasteiger partial charge is 0.312 e. The third kappa shape index (κ3) is 2.50. The predicted molar refractivity (Wildman–Crippen MR) is 58.0 cm³/mol. The molecule has 0 spiro atoms. The van der Waals surface area contributed by atoms with Gasteiger partial charge < -0.3 is 9.52 Å². The maximum atomic E-state index is 12.8. The molecule has 1 heterocycles. The number of aromatic nitrogens is 1. The number of rotatable bonds is 3. The quantitative estimate of drug-likeness (QED) is 0.887. The summed E-state index contributed by atoms with van der Waals surface area (Å²) in [5.74, 6) is -0.718. The van der Waals surface area contributed by atoms with Crippen LogP contribution in [0.25, 0.3) is 11.3 Å². The van der Waals surface area contributed by atoms with Gasteiger partial charge in [0.2, 0.25) is 5.89 Å². The first-order chi connectivity index (χ1) is 8.06. The molecule has 4 nitrogen and oxygen atoms in total. The van der Waals surface area contributed by atoms with E-state index in [2.05, 4.69) is 4.98 Å². The fraction of sp³-hybridized carbons (Fsp3) is 0.167. The van der Waals surface area contributed by atoms with E-state index in [0.717, 1.165) is 0 Å². The Bertz CT molecular complexity index is 545. The van der Waals surface area contributed by atoms with Gasteiger partial charge in [-0.3, -0.25) is 4.79 Å². The Morgan fingerprint density at radius 1 is 1.41 bits per heavy atom. The van der Waals surface area contributed by atoms with Gasteiger partial charge in [0.05, 0.1) is 5.69 Å². The first-order valence-electron chi connectivity index (χ1n) is 5.00. The highest BCUT2D eigenvalue weighted by Crippen LogP contribution is 2.24. The zero-order chi connectivity index (χ0) is 12.4. The molecule has 1 aromatic heterocycles. The van der Waals surface area contributed by atoms with Crippen molar-refractivity contribution >= 4 is 5.97 Å². The molecule has 0 fully saturated rings. The molecule has 0 saturated carbocycles. The molecule has 2 aromatic rings. The van der Waals surface area contributed by atoms with Crippen molar-refractivity contribution in [2.45, 2.75) is 13.3 Å². The maximum absolute atomic E-state index is 12.8. The average molecular weight is 235 g/mol. The summed E-state index contributed by atoms with van der Waals surface area (Å²) in [5, 5.41) is 8.62. The van der Waals surface area contributed by atoms with Gasteiger partial charge >= 0.3 is 5.97 Å². The SMILES string of the molecule is Cc1nc(CC(=O)O)oc1-c1ccc(F)cc1. The van der Waals surface area contributed by atoms with E-state index in [0.29, 0.717) is 17.0 Å². The van der Waals surface area contributed by atoms with Gasteiger partial charge in [0.1, 0.15) is 12.2 Å². The zero-order valence-electron chi connectivity index (χ0n) is 9.11. The third-order valence-corrected chi connectivity index (χ3v) is 2.25. The van der Waals surface area contributed by atoms with Crippen molar-refractivity contribution in [3.63, 3.8) is 0 Å². The van der Waals surface area contributed by atoms with Crippen LogP contribution in [-0.2, 0) is 11.2 Å². The molecule has 0 radical (unpaired) electrons. The van der Waals surface area contributed by atoms with Crippen molar-refractivity contribution in [2.75, 3.05) is 0 Å². The summed E-state index contributed by atoms with van der Waals surface area (Å²) >= 11 is 0. The van der Waals surface area contributed by atoms with Crippen molar-refractivity contribution in [2.24, 2.45) is 0 Å². The summed E-state index contributed by atoms with van der Waals surface area (Å²) in [6.07, 6.45) is -0.262. The highest BCUT2D eigenvalue weighted by molar-refractivity contribution is 5.69. The van der Waals surface area contributed by atoms with Gasteiger partial charge in [0, 0.05) is 5.56 Å². The maximum Gasteiger partial charge on any atom is 0.312 e. The molecule has 0 amide bonds. The van der Waals surface area contributed by atoms with Crippen molar-refractivity contribution < 1.29 is 18.7 Å². The predicted octanol–water partition coefficient (Wildman–Crippen LogP) is 2.42. The molecule has 1 N–H and O–H groups in total. The van der Waals surface area contributed by atoms with Crippen molar-refractivity contribution in [3.8, 4) is 11.3 Å². The second kappa shape index (κ2) is 4.37. The van der Waals surface area contributed by atoms with Crippen LogP contribution in [-0.4, -0.2) is 16.1 Å². The van der Waals surface area contributed by atoms with E-state index in [1.165, 1.54) is 12.1 Å². The molecule has 2 rings (SSSR count). The standard InChI is InChI=1S/C12H10FNO3/c1-7-12(8-2-4-9(13)5-3-8)17-10(14-7)6-11(15)16/h2-5H,6H2,1H3,(H,15,16). The Kier molecular flexibility index (Phi) is 2.91. The molecule has 1 aromatic carbocycles. The van der Waals surface area contributed by atoms with E-state index in [1.54, 1.807) is 19.1 Å².